The van der Waals surface area contributed by atoms with Gasteiger partial charge in [0.1, 0.15) is 0 Å². The van der Waals surface area contributed by atoms with Crippen LogP contribution in [0.2, 0.25) is 0 Å². The van der Waals surface area contributed by atoms with E-state index >= 15 is 0 Å². The van der Waals surface area contributed by atoms with E-state index in [1.165, 1.54) is 0 Å². The van der Waals surface area contributed by atoms with Gasteiger partial charge in [-0.25, -0.2) is 0 Å². The summed E-state index contributed by atoms with van der Waals surface area (Å²) in [5.41, 5.74) is 2.53. The number of halogens is 2. The van der Waals surface area contributed by atoms with Gasteiger partial charge in [-0.2, -0.15) is 16.8 Å². The number of hydrogen-bond donors (Lipinski definition) is 3. The van der Waals surface area contributed by atoms with Gasteiger partial charge in [0.25, 0.3) is 0 Å². The Hall–Kier alpha value is -1.60. The first-order valence-corrected chi connectivity index (χ1v) is 8.29. The fraction of sp³-hybridized carbons (Fsp3) is 0.556. The van der Waals surface area contributed by atoms with Crippen molar-refractivity contribution >= 4 is 32.6 Å². The Morgan fingerprint density at radius 3 is 1.95 bits per heavy atom. The van der Waals surface area contributed by atoms with Gasteiger partial charge in [0.2, 0.25) is 0 Å². The third kappa shape index (κ3) is 4.71. The number of nitrogens with two attached hydrogens (primary N) is 1. The molecule has 22 heavy (non-hydrogen) atoms. The number of aliphatic carboxylic acids is 1. The van der Waals surface area contributed by atoms with Gasteiger partial charge in [-0.05, 0) is 13.8 Å². The second kappa shape index (κ2) is 6.66. The van der Waals surface area contributed by atoms with E-state index in [9.17, 15) is 29.4 Å². The van der Waals surface area contributed by atoms with E-state index in [1.807, 2.05) is 0 Å². The van der Waals surface area contributed by atoms with Crippen molar-refractivity contribution in [2.75, 3.05) is 13.1 Å². The van der Waals surface area contributed by atoms with Crippen molar-refractivity contribution in [3.8, 4) is 0 Å². The number of amidine groups is 1. The van der Waals surface area contributed by atoms with Crippen molar-refractivity contribution in [2.45, 2.75) is 13.8 Å². The molecule has 0 aromatic carbocycles. The molecule has 0 aromatic rings. The van der Waals surface area contributed by atoms with Crippen LogP contribution in [0, 0.1) is 5.41 Å². The van der Waals surface area contributed by atoms with Crippen LogP contribution in [0.4, 0.5) is 7.77 Å². The molecule has 0 heterocycles. The number of carboxylic acids is 1. The van der Waals surface area contributed by atoms with Gasteiger partial charge in [0.15, 0.2) is 0 Å². The summed E-state index contributed by atoms with van der Waals surface area (Å²) in [6.07, 6.45) is 0. The minimum atomic E-state index is -6.11. The molecule has 128 valence electrons. The molecule has 9 nitrogen and oxygen atoms in total. The highest BCUT2D eigenvalue weighted by molar-refractivity contribution is 7.92. The van der Waals surface area contributed by atoms with Crippen LogP contribution in [0.1, 0.15) is 13.8 Å². The molecule has 0 saturated heterocycles. The predicted molar refractivity (Wildman–Crippen MR) is 72.9 cm³/mol. The predicted octanol–water partition coefficient (Wildman–Crippen LogP) is -0.959. The van der Waals surface area contributed by atoms with Crippen molar-refractivity contribution in [1.82, 2.24) is 5.32 Å². The maximum atomic E-state index is 13.2. The molecule has 0 aromatic heterocycles. The third-order valence-corrected chi connectivity index (χ3v) is 4.82. The molecule has 0 bridgehead atoms. The molecule has 0 aliphatic rings. The van der Waals surface area contributed by atoms with E-state index in [2.05, 4.69) is 11.9 Å². The lowest BCUT2D eigenvalue weighted by Gasteiger charge is -2.21. The van der Waals surface area contributed by atoms with E-state index in [-0.39, 0.29) is 13.1 Å². The molecule has 0 fully saturated rings. The Morgan fingerprint density at radius 1 is 1.27 bits per heavy atom. The molecule has 0 spiro atoms. The molecule has 0 rings (SSSR count). The van der Waals surface area contributed by atoms with E-state index in [0.29, 0.717) is 0 Å². The Balaban J connectivity index is 6.62. The zero-order valence-electron chi connectivity index (χ0n) is 11.7. The van der Waals surface area contributed by atoms with Crippen LogP contribution < -0.4 is 11.1 Å². The summed E-state index contributed by atoms with van der Waals surface area (Å²) >= 11 is 0. The minimum absolute atomic E-state index is 0.170. The lowest BCUT2D eigenvalue weighted by Crippen LogP contribution is -2.45. The van der Waals surface area contributed by atoms with Crippen molar-refractivity contribution < 1.29 is 37.9 Å². The van der Waals surface area contributed by atoms with Crippen molar-refractivity contribution in [3.63, 3.8) is 0 Å². The largest absolute Gasteiger partial charge is 0.494 e. The van der Waals surface area contributed by atoms with Crippen LogP contribution >= 0.6 is 0 Å². The Labute approximate surface area is 126 Å². The number of carbonyl (C=O) groups is 1. The van der Waals surface area contributed by atoms with Crippen LogP contribution in [0.3, 0.4) is 0 Å². The van der Waals surface area contributed by atoms with Crippen LogP contribution in [0.15, 0.2) is 12.2 Å². The maximum absolute atomic E-state index is 13.2. The van der Waals surface area contributed by atoms with Crippen molar-refractivity contribution in [1.29, 1.82) is 0 Å². The fourth-order valence-corrected chi connectivity index (χ4v) is 2.86. The molecule has 0 atom stereocenters. The van der Waals surface area contributed by atoms with Crippen molar-refractivity contribution in [2.24, 2.45) is 11.1 Å². The standard InChI is InChI=1S/C9H15F2N3O6S2/c1-6(9(2,3)8(15)16)7(13-5-4-12)14(21(10,17)18)22(11,19)20/h1,4-5,12H2,2-3H3,(H,15,16)/p+1. The average Bonchev–Trinajstić information content (AvgIpc) is 2.29. The third-order valence-electron chi connectivity index (χ3n) is 2.59. The van der Waals surface area contributed by atoms with Gasteiger partial charge in [0, 0.05) is 9.93 Å². The number of hydrogen-bond acceptors (Lipinski definition) is 6. The highest BCUT2D eigenvalue weighted by atomic mass is 32.3. The first-order valence-electron chi connectivity index (χ1n) is 5.61. The molecule has 0 saturated carbocycles. The Bertz CT molecular complexity index is 678. The highest BCUT2D eigenvalue weighted by Crippen LogP contribution is 2.26. The molecule has 0 radical (unpaired) electrons. The first-order chi connectivity index (χ1) is 9.67. The summed E-state index contributed by atoms with van der Waals surface area (Å²) in [7, 11) is -12.2. The quantitative estimate of drug-likeness (QED) is 0.227. The summed E-state index contributed by atoms with van der Waals surface area (Å²) in [4.78, 5) is 11.1. The van der Waals surface area contributed by atoms with E-state index in [0.717, 1.165) is 13.8 Å². The second-order valence-corrected chi connectivity index (χ2v) is 7.16. The topological polar surface area (TPSA) is 147 Å². The smallest absolute Gasteiger partial charge is 0.481 e. The molecule has 0 aliphatic heterocycles. The summed E-state index contributed by atoms with van der Waals surface area (Å²) < 4.78 is 68.9. The Kier molecular flexibility index (Phi) is 6.18. The van der Waals surface area contributed by atoms with Crippen LogP contribution in [-0.4, -0.2) is 50.2 Å². The van der Waals surface area contributed by atoms with Crippen molar-refractivity contribution in [3.05, 3.63) is 12.2 Å². The lowest BCUT2D eigenvalue weighted by molar-refractivity contribution is -0.199. The molecular formula is C9H16F2N3O6S2+. The summed E-state index contributed by atoms with van der Waals surface area (Å²) in [5, 5.41) is 11.1. The van der Waals surface area contributed by atoms with Gasteiger partial charge in [-0.15, -0.1) is 0 Å². The van der Waals surface area contributed by atoms with Crippen LogP contribution in [-0.2, 0) is 25.6 Å². The van der Waals surface area contributed by atoms with E-state index < -0.39 is 47.0 Å². The normalized spacial score (nSPS) is 12.6. The summed E-state index contributed by atoms with van der Waals surface area (Å²) in [6.45, 7) is 4.83. The molecule has 0 unspecified atom stereocenters. The van der Waals surface area contributed by atoms with Crippen LogP contribution in [0.25, 0.3) is 0 Å². The fourth-order valence-electron chi connectivity index (χ4n) is 1.22. The van der Waals surface area contributed by atoms with Gasteiger partial charge in [-0.1, -0.05) is 14.4 Å². The zero-order valence-corrected chi connectivity index (χ0v) is 13.3. The number of rotatable bonds is 7. The molecular weight excluding hydrogens is 348 g/mol. The maximum Gasteiger partial charge on any atom is 0.494 e. The average molecular weight is 364 g/mol. The Morgan fingerprint density at radius 2 is 1.68 bits per heavy atom. The molecule has 0 amide bonds. The lowest BCUT2D eigenvalue weighted by atomic mass is 9.84. The number of nitrogens with zero attached hydrogens (tertiary/aromatic N) is 1. The summed E-state index contributed by atoms with van der Waals surface area (Å²) in [5.74, 6) is -2.71. The van der Waals surface area contributed by atoms with E-state index in [1.54, 1.807) is 0 Å². The molecule has 4 N–H and O–H groups in total. The second-order valence-electron chi connectivity index (χ2n) is 4.55. The zero-order chi connectivity index (χ0) is 17.9. The minimum Gasteiger partial charge on any atom is -0.481 e. The van der Waals surface area contributed by atoms with Gasteiger partial charge < -0.3 is 10.8 Å². The molecule has 13 heteroatoms. The monoisotopic (exact) mass is 364 g/mol. The molecule has 0 aliphatic carbocycles. The SMILES string of the molecule is C=C(C(NCCN)=[N+](S(=O)(=O)F)S(=O)(=O)F)C(C)(C)C(=O)O. The van der Waals surface area contributed by atoms with Gasteiger partial charge in [-0.3, -0.25) is 10.1 Å². The first kappa shape index (κ1) is 20.4. The van der Waals surface area contributed by atoms with Crippen LogP contribution in [0.5, 0.6) is 0 Å². The van der Waals surface area contributed by atoms with Gasteiger partial charge in [0.05, 0.1) is 17.5 Å². The highest BCUT2D eigenvalue weighted by Gasteiger charge is 2.45. The number of carboxylic acid groups (broad SMARTS) is 1. The number of nitrogens with one attached hydrogen (secondary N) is 1. The summed E-state index contributed by atoms with van der Waals surface area (Å²) in [6, 6.07) is 0. The van der Waals surface area contributed by atoms with Gasteiger partial charge >= 0.3 is 32.6 Å². The van der Waals surface area contributed by atoms with E-state index in [4.69, 9.17) is 10.8 Å².